The SMILES string of the molecule is CCC(C)C(CN1CCC(CC)C1C(=O)NC(CCSC)C(=O)O)NCC(N)CS. The van der Waals surface area contributed by atoms with Crippen LogP contribution >= 0.6 is 24.4 Å². The molecule has 30 heavy (non-hydrogen) atoms. The number of carboxylic acid groups (broad SMARTS) is 1. The Morgan fingerprint density at radius 3 is 2.60 bits per heavy atom. The van der Waals surface area contributed by atoms with Gasteiger partial charge in [0.1, 0.15) is 6.04 Å². The van der Waals surface area contributed by atoms with Crippen LogP contribution in [0.3, 0.4) is 0 Å². The zero-order valence-electron chi connectivity index (χ0n) is 19.0. The van der Waals surface area contributed by atoms with Crippen LogP contribution in [0.4, 0.5) is 0 Å². The highest BCUT2D eigenvalue weighted by Crippen LogP contribution is 2.28. The van der Waals surface area contributed by atoms with Crippen molar-refractivity contribution >= 4 is 36.3 Å². The van der Waals surface area contributed by atoms with Gasteiger partial charge in [-0.15, -0.1) is 0 Å². The Morgan fingerprint density at radius 2 is 2.07 bits per heavy atom. The molecule has 0 aromatic rings. The summed E-state index contributed by atoms with van der Waals surface area (Å²) >= 11 is 5.86. The van der Waals surface area contributed by atoms with Crippen molar-refractivity contribution in [3.8, 4) is 0 Å². The first-order valence-electron chi connectivity index (χ1n) is 11.1. The predicted molar refractivity (Wildman–Crippen MR) is 129 cm³/mol. The lowest BCUT2D eigenvalue weighted by Gasteiger charge is -2.34. The molecule has 1 heterocycles. The van der Waals surface area contributed by atoms with E-state index in [2.05, 4.69) is 48.9 Å². The van der Waals surface area contributed by atoms with E-state index < -0.39 is 12.0 Å². The van der Waals surface area contributed by atoms with Gasteiger partial charge in [-0.2, -0.15) is 24.4 Å². The molecule has 6 unspecified atom stereocenters. The fourth-order valence-corrected chi connectivity index (χ4v) is 4.64. The normalized spacial score (nSPS) is 23.7. The molecule has 7 nitrogen and oxygen atoms in total. The highest BCUT2D eigenvalue weighted by molar-refractivity contribution is 7.98. The number of rotatable bonds is 15. The molecule has 0 saturated carbocycles. The van der Waals surface area contributed by atoms with Crippen LogP contribution in [0, 0.1) is 11.8 Å². The molecule has 0 spiro atoms. The summed E-state index contributed by atoms with van der Waals surface area (Å²) in [5, 5.41) is 15.9. The van der Waals surface area contributed by atoms with E-state index in [4.69, 9.17) is 5.73 Å². The molecule has 0 radical (unpaired) electrons. The van der Waals surface area contributed by atoms with Crippen molar-refractivity contribution in [2.45, 2.75) is 70.6 Å². The lowest BCUT2D eigenvalue weighted by atomic mass is 9.95. The van der Waals surface area contributed by atoms with Crippen LogP contribution in [-0.4, -0.2) is 83.4 Å². The van der Waals surface area contributed by atoms with E-state index in [1.807, 2.05) is 6.26 Å². The number of thiol groups is 1. The number of hydrogen-bond donors (Lipinski definition) is 5. The van der Waals surface area contributed by atoms with E-state index in [1.54, 1.807) is 11.8 Å². The number of aliphatic carboxylic acids is 1. The van der Waals surface area contributed by atoms with E-state index >= 15 is 0 Å². The first-order valence-corrected chi connectivity index (χ1v) is 13.2. The van der Waals surface area contributed by atoms with Gasteiger partial charge in [0.05, 0.1) is 6.04 Å². The zero-order valence-corrected chi connectivity index (χ0v) is 20.7. The number of carbonyl (C=O) groups excluding carboxylic acids is 1. The van der Waals surface area contributed by atoms with Crippen LogP contribution in [0.2, 0.25) is 0 Å². The molecule has 5 N–H and O–H groups in total. The molecular formula is C21H42N4O3S2. The molecule has 1 rings (SSSR count). The van der Waals surface area contributed by atoms with Crippen molar-refractivity contribution in [1.29, 1.82) is 0 Å². The van der Waals surface area contributed by atoms with E-state index in [-0.39, 0.29) is 30.0 Å². The van der Waals surface area contributed by atoms with Gasteiger partial charge in [0.2, 0.25) is 5.91 Å². The monoisotopic (exact) mass is 462 g/mol. The number of hydrogen-bond acceptors (Lipinski definition) is 7. The van der Waals surface area contributed by atoms with Crippen LogP contribution < -0.4 is 16.4 Å². The largest absolute Gasteiger partial charge is 0.480 e. The molecule has 1 saturated heterocycles. The minimum absolute atomic E-state index is 0.00582. The minimum atomic E-state index is -0.963. The van der Waals surface area contributed by atoms with Crippen LogP contribution in [0.1, 0.15) is 46.5 Å². The summed E-state index contributed by atoms with van der Waals surface area (Å²) in [5.41, 5.74) is 6.04. The van der Waals surface area contributed by atoms with Gasteiger partial charge < -0.3 is 21.5 Å². The van der Waals surface area contributed by atoms with Crippen LogP contribution in [0.5, 0.6) is 0 Å². The predicted octanol–water partition coefficient (Wildman–Crippen LogP) is 1.67. The van der Waals surface area contributed by atoms with Gasteiger partial charge >= 0.3 is 5.97 Å². The Balaban J connectivity index is 2.89. The summed E-state index contributed by atoms with van der Waals surface area (Å²) in [4.78, 5) is 27.0. The van der Waals surface area contributed by atoms with Gasteiger partial charge in [0, 0.05) is 30.9 Å². The highest BCUT2D eigenvalue weighted by atomic mass is 32.2. The summed E-state index contributed by atoms with van der Waals surface area (Å²) in [6.45, 7) is 8.79. The molecule has 0 aromatic heterocycles. The molecule has 1 fully saturated rings. The van der Waals surface area contributed by atoms with Crippen molar-refractivity contribution in [1.82, 2.24) is 15.5 Å². The maximum atomic E-state index is 13.2. The fraction of sp³-hybridized carbons (Fsp3) is 0.905. The summed E-state index contributed by atoms with van der Waals surface area (Å²) in [5.74, 6) is 0.901. The summed E-state index contributed by atoms with van der Waals surface area (Å²) < 4.78 is 0. The maximum Gasteiger partial charge on any atom is 0.326 e. The number of carboxylic acids is 1. The second-order valence-electron chi connectivity index (χ2n) is 8.42. The van der Waals surface area contributed by atoms with Gasteiger partial charge in [-0.25, -0.2) is 4.79 Å². The number of nitrogens with one attached hydrogen (secondary N) is 2. The summed E-state index contributed by atoms with van der Waals surface area (Å²) in [7, 11) is 0. The van der Waals surface area contributed by atoms with Gasteiger partial charge in [-0.1, -0.05) is 33.6 Å². The smallest absolute Gasteiger partial charge is 0.326 e. The number of amides is 1. The van der Waals surface area contributed by atoms with E-state index in [9.17, 15) is 14.7 Å². The van der Waals surface area contributed by atoms with Crippen LogP contribution in [0.25, 0.3) is 0 Å². The second-order valence-corrected chi connectivity index (χ2v) is 9.77. The lowest BCUT2D eigenvalue weighted by Crippen LogP contribution is -2.55. The molecule has 0 bridgehead atoms. The van der Waals surface area contributed by atoms with Crippen molar-refractivity contribution in [2.24, 2.45) is 17.6 Å². The van der Waals surface area contributed by atoms with Crippen molar-refractivity contribution < 1.29 is 14.7 Å². The molecule has 176 valence electrons. The first-order chi connectivity index (χ1) is 14.3. The topological polar surface area (TPSA) is 108 Å². The number of nitrogens with zero attached hydrogens (tertiary/aromatic N) is 1. The zero-order chi connectivity index (χ0) is 22.7. The third-order valence-electron chi connectivity index (χ3n) is 6.28. The summed E-state index contributed by atoms with van der Waals surface area (Å²) in [6.07, 6.45) is 5.27. The number of carbonyl (C=O) groups is 2. The quantitative estimate of drug-likeness (QED) is 0.236. The number of thioether (sulfide) groups is 1. The third-order valence-corrected chi connectivity index (χ3v) is 7.40. The van der Waals surface area contributed by atoms with Gasteiger partial charge in [0.15, 0.2) is 0 Å². The molecule has 0 aliphatic carbocycles. The van der Waals surface area contributed by atoms with E-state index in [0.29, 0.717) is 30.4 Å². The summed E-state index contributed by atoms with van der Waals surface area (Å²) in [6, 6.07) is -0.896. The maximum absolute atomic E-state index is 13.2. The third kappa shape index (κ3) is 8.57. The van der Waals surface area contributed by atoms with Gasteiger partial charge in [-0.3, -0.25) is 9.69 Å². The van der Waals surface area contributed by atoms with Crippen molar-refractivity contribution in [3.63, 3.8) is 0 Å². The molecule has 0 aromatic carbocycles. The lowest BCUT2D eigenvalue weighted by molar-refractivity contribution is -0.142. The minimum Gasteiger partial charge on any atom is -0.480 e. The Bertz CT molecular complexity index is 526. The fourth-order valence-electron chi connectivity index (χ4n) is 4.04. The number of nitrogens with two attached hydrogens (primary N) is 1. The standard InChI is InChI=1S/C21H42N4O3S2/c1-5-14(3)18(23-11-16(22)13-29)12-25-9-7-15(6-2)19(25)20(26)24-17(21(27)28)8-10-30-4/h14-19,23,29H,5-13,22H2,1-4H3,(H,24,26)(H,27,28). The average molecular weight is 463 g/mol. The van der Waals surface area contributed by atoms with E-state index in [1.165, 1.54) is 0 Å². The Hall–Kier alpha value is -0.480. The van der Waals surface area contributed by atoms with Crippen molar-refractivity contribution in [3.05, 3.63) is 0 Å². The Kier molecular flexibility index (Phi) is 13.4. The van der Waals surface area contributed by atoms with Crippen LogP contribution in [0.15, 0.2) is 0 Å². The molecule has 1 amide bonds. The number of likely N-dealkylation sites (tertiary alicyclic amines) is 1. The molecular weight excluding hydrogens is 420 g/mol. The first kappa shape index (κ1) is 27.6. The van der Waals surface area contributed by atoms with Crippen molar-refractivity contribution in [2.75, 3.05) is 37.4 Å². The van der Waals surface area contributed by atoms with Gasteiger partial charge in [0.25, 0.3) is 0 Å². The second kappa shape index (κ2) is 14.6. The Morgan fingerprint density at radius 1 is 1.37 bits per heavy atom. The highest BCUT2D eigenvalue weighted by Gasteiger charge is 2.40. The van der Waals surface area contributed by atoms with E-state index in [0.717, 1.165) is 32.4 Å². The van der Waals surface area contributed by atoms with Crippen LogP contribution in [-0.2, 0) is 9.59 Å². The molecule has 1 aliphatic rings. The van der Waals surface area contributed by atoms with Gasteiger partial charge in [-0.05, 0) is 43.2 Å². The molecule has 9 heteroatoms. The molecule has 6 atom stereocenters. The average Bonchev–Trinajstić information content (AvgIpc) is 3.15. The Labute approximate surface area is 192 Å². The molecule has 1 aliphatic heterocycles.